The van der Waals surface area contributed by atoms with Crippen molar-refractivity contribution in [3.05, 3.63) is 68.1 Å². The van der Waals surface area contributed by atoms with Crippen molar-refractivity contribution in [2.45, 2.75) is 37.9 Å². The second-order valence-electron chi connectivity index (χ2n) is 8.03. The molecule has 2 aromatic carbocycles. The van der Waals surface area contributed by atoms with E-state index in [2.05, 4.69) is 10.2 Å². The monoisotopic (exact) mass is 513 g/mol. The molecule has 0 aliphatic carbocycles. The Kier molecular flexibility index (Phi) is 7.72. The average molecular weight is 514 g/mol. The van der Waals surface area contributed by atoms with E-state index in [1.165, 1.54) is 12.1 Å². The van der Waals surface area contributed by atoms with Crippen LogP contribution in [0.3, 0.4) is 0 Å². The predicted octanol–water partition coefficient (Wildman–Crippen LogP) is 5.73. The van der Waals surface area contributed by atoms with Crippen molar-refractivity contribution in [1.29, 1.82) is 0 Å². The van der Waals surface area contributed by atoms with Crippen LogP contribution >= 0.6 is 23.4 Å². The maximum Gasteiger partial charge on any atom is 0.342 e. The van der Waals surface area contributed by atoms with Gasteiger partial charge in [0, 0.05) is 36.3 Å². The molecule has 182 valence electrons. The minimum atomic E-state index is -1.16. The van der Waals surface area contributed by atoms with Crippen LogP contribution in [0.4, 0.5) is 11.4 Å². The van der Waals surface area contributed by atoms with Gasteiger partial charge in [-0.15, -0.1) is 10.2 Å². The van der Waals surface area contributed by atoms with Gasteiger partial charge in [0.2, 0.25) is 0 Å². The number of piperidine rings is 1. The molecule has 0 spiro atoms. The molecule has 0 bridgehead atoms. The molecule has 1 fully saturated rings. The number of nitrogens with zero attached hydrogens (tertiary/aromatic N) is 5. The van der Waals surface area contributed by atoms with Crippen molar-refractivity contribution in [3.8, 4) is 11.4 Å². The van der Waals surface area contributed by atoms with E-state index in [0.717, 1.165) is 49.7 Å². The second kappa shape index (κ2) is 10.9. The molecule has 4 rings (SSSR count). The third-order valence-corrected chi connectivity index (χ3v) is 6.99. The number of hydrogen-bond acceptors (Lipinski definition) is 7. The molecule has 2 heterocycles. The summed E-state index contributed by atoms with van der Waals surface area (Å²) in [6, 6.07) is 12.0. The number of hydrogen-bond donors (Lipinski definition) is 1. The first kappa shape index (κ1) is 24.7. The van der Waals surface area contributed by atoms with Gasteiger partial charge in [-0.05, 0) is 79.9 Å². The van der Waals surface area contributed by atoms with Crippen molar-refractivity contribution in [3.63, 3.8) is 0 Å². The van der Waals surface area contributed by atoms with E-state index < -0.39 is 10.9 Å². The fourth-order valence-electron chi connectivity index (χ4n) is 4.03. The first-order valence-corrected chi connectivity index (χ1v) is 12.4. The van der Waals surface area contributed by atoms with Gasteiger partial charge in [0.25, 0.3) is 5.69 Å². The van der Waals surface area contributed by atoms with Gasteiger partial charge in [0.05, 0.1) is 4.92 Å². The van der Waals surface area contributed by atoms with Gasteiger partial charge in [-0.2, -0.15) is 0 Å². The summed E-state index contributed by atoms with van der Waals surface area (Å²) < 4.78 is 1.81. The maximum absolute atomic E-state index is 12.1. The molecule has 1 N–H and O–H groups in total. The molecule has 35 heavy (non-hydrogen) atoms. The molecule has 0 amide bonds. The lowest BCUT2D eigenvalue weighted by Crippen LogP contribution is -2.29. The Morgan fingerprint density at radius 2 is 1.89 bits per heavy atom. The number of carboxylic acids is 1. The number of benzene rings is 2. The summed E-state index contributed by atoms with van der Waals surface area (Å²) in [5, 5.41) is 31.1. The molecule has 11 heteroatoms. The summed E-state index contributed by atoms with van der Waals surface area (Å²) in [4.78, 5) is 25.4. The van der Waals surface area contributed by atoms with Gasteiger partial charge >= 0.3 is 5.97 Å². The van der Waals surface area contributed by atoms with Crippen LogP contribution in [0.15, 0.2) is 52.5 Å². The molecule has 0 atom stereocenters. The minimum absolute atomic E-state index is 0.0187. The molecule has 0 unspecified atom stereocenters. The van der Waals surface area contributed by atoms with Gasteiger partial charge in [-0.1, -0.05) is 17.7 Å². The summed E-state index contributed by atoms with van der Waals surface area (Å²) in [5.41, 5.74) is 1.77. The lowest BCUT2D eigenvalue weighted by molar-refractivity contribution is -0.384. The van der Waals surface area contributed by atoms with E-state index in [1.807, 2.05) is 28.5 Å². The molecule has 1 aromatic heterocycles. The largest absolute Gasteiger partial charge is 0.477 e. The standard InChI is InChI=1S/C24H24ClN5O4S/c1-2-29-22(17-7-9-18(25)10-8-17)26-27-24(29)35-21(23(31)32)15-16-6-11-19(20(14-16)30(33)34)28-12-4-3-5-13-28/h6-11,14-15H,2-5,12-13H2,1H3,(H,31,32)/b21-15+. The van der Waals surface area contributed by atoms with Crippen LogP contribution < -0.4 is 4.90 Å². The number of anilines is 1. The van der Waals surface area contributed by atoms with Gasteiger partial charge in [-0.25, -0.2) is 4.79 Å². The Morgan fingerprint density at radius 3 is 2.51 bits per heavy atom. The fraction of sp³-hybridized carbons (Fsp3) is 0.292. The quantitative estimate of drug-likeness (QED) is 0.176. The van der Waals surface area contributed by atoms with Crippen LogP contribution in [-0.2, 0) is 11.3 Å². The van der Waals surface area contributed by atoms with E-state index >= 15 is 0 Å². The lowest BCUT2D eigenvalue weighted by Gasteiger charge is -2.28. The zero-order valence-electron chi connectivity index (χ0n) is 19.1. The van der Waals surface area contributed by atoms with E-state index in [-0.39, 0.29) is 10.6 Å². The zero-order chi connectivity index (χ0) is 24.9. The molecule has 0 radical (unpaired) electrons. The number of nitro groups is 1. The van der Waals surface area contributed by atoms with Crippen molar-refractivity contribution < 1.29 is 14.8 Å². The van der Waals surface area contributed by atoms with Crippen molar-refractivity contribution in [2.24, 2.45) is 0 Å². The Hall–Kier alpha value is -3.37. The topological polar surface area (TPSA) is 114 Å². The Morgan fingerprint density at radius 1 is 1.17 bits per heavy atom. The summed E-state index contributed by atoms with van der Waals surface area (Å²) >= 11 is 6.93. The number of aliphatic carboxylic acids is 1. The van der Waals surface area contributed by atoms with Crippen molar-refractivity contribution in [2.75, 3.05) is 18.0 Å². The number of nitro benzene ring substituents is 1. The van der Waals surface area contributed by atoms with Crippen LogP contribution in [0.1, 0.15) is 31.7 Å². The molecule has 1 aliphatic rings. The van der Waals surface area contributed by atoms with E-state index in [1.54, 1.807) is 24.3 Å². The van der Waals surface area contributed by atoms with Gasteiger partial charge < -0.3 is 14.6 Å². The molecule has 1 aliphatic heterocycles. The average Bonchev–Trinajstić information content (AvgIpc) is 3.27. The van der Waals surface area contributed by atoms with E-state index in [4.69, 9.17) is 11.6 Å². The van der Waals surface area contributed by atoms with Crippen LogP contribution in [0.25, 0.3) is 17.5 Å². The first-order chi connectivity index (χ1) is 16.9. The summed E-state index contributed by atoms with van der Waals surface area (Å²) in [5.74, 6) is -0.561. The van der Waals surface area contributed by atoms with Gasteiger partial charge in [0.1, 0.15) is 10.6 Å². The summed E-state index contributed by atoms with van der Waals surface area (Å²) in [6.45, 7) is 3.99. The number of aromatic nitrogens is 3. The highest BCUT2D eigenvalue weighted by Crippen LogP contribution is 2.34. The van der Waals surface area contributed by atoms with Crippen LogP contribution in [0.5, 0.6) is 0 Å². The van der Waals surface area contributed by atoms with Crippen molar-refractivity contribution >= 4 is 46.8 Å². The number of carbonyl (C=O) groups is 1. The molecule has 3 aromatic rings. The smallest absolute Gasteiger partial charge is 0.342 e. The Balaban J connectivity index is 1.65. The van der Waals surface area contributed by atoms with Crippen LogP contribution in [0.2, 0.25) is 5.02 Å². The molecular weight excluding hydrogens is 490 g/mol. The van der Waals surface area contributed by atoms with E-state index in [0.29, 0.717) is 33.8 Å². The molecule has 1 saturated heterocycles. The lowest BCUT2D eigenvalue weighted by atomic mass is 10.1. The second-order valence-corrected chi connectivity index (χ2v) is 9.47. The molecule has 9 nitrogen and oxygen atoms in total. The molecule has 0 saturated carbocycles. The highest BCUT2D eigenvalue weighted by atomic mass is 35.5. The van der Waals surface area contributed by atoms with Crippen LogP contribution in [-0.4, -0.2) is 43.9 Å². The zero-order valence-corrected chi connectivity index (χ0v) is 20.6. The number of halogens is 1. The minimum Gasteiger partial charge on any atom is -0.477 e. The number of rotatable bonds is 8. The van der Waals surface area contributed by atoms with Crippen LogP contribution in [0, 0.1) is 10.1 Å². The SMILES string of the molecule is CCn1c(S/C(=C/c2ccc(N3CCCCC3)c([N+](=O)[O-])c2)C(=O)O)nnc1-c1ccc(Cl)cc1. The number of carboxylic acid groups (broad SMARTS) is 1. The highest BCUT2D eigenvalue weighted by molar-refractivity contribution is 8.04. The van der Waals surface area contributed by atoms with E-state index in [9.17, 15) is 20.0 Å². The fourth-order valence-corrected chi connectivity index (χ4v) is 5.04. The first-order valence-electron chi connectivity index (χ1n) is 11.2. The Bertz CT molecular complexity index is 1270. The maximum atomic E-state index is 12.1. The highest BCUT2D eigenvalue weighted by Gasteiger charge is 2.23. The summed E-state index contributed by atoms with van der Waals surface area (Å²) in [7, 11) is 0. The Labute approximate surface area is 211 Å². The normalized spacial score (nSPS) is 14.2. The van der Waals surface area contributed by atoms with Gasteiger partial charge in [0.15, 0.2) is 11.0 Å². The third kappa shape index (κ3) is 5.66. The number of thioether (sulfide) groups is 1. The third-order valence-electron chi connectivity index (χ3n) is 5.74. The predicted molar refractivity (Wildman–Crippen MR) is 137 cm³/mol. The van der Waals surface area contributed by atoms with Gasteiger partial charge in [-0.3, -0.25) is 10.1 Å². The molecular formula is C24H24ClN5O4S. The summed E-state index contributed by atoms with van der Waals surface area (Å²) in [6.07, 6.45) is 4.53. The van der Waals surface area contributed by atoms with Crippen molar-refractivity contribution in [1.82, 2.24) is 14.8 Å².